The van der Waals surface area contributed by atoms with E-state index < -0.39 is 0 Å². The Morgan fingerprint density at radius 3 is 2.94 bits per heavy atom. The number of aromatic nitrogens is 1. The number of aliphatic hydroxyl groups is 1. The van der Waals surface area contributed by atoms with Crippen LogP contribution in [0.1, 0.15) is 16.0 Å². The van der Waals surface area contributed by atoms with Crippen LogP contribution in [0, 0.1) is 6.92 Å². The Morgan fingerprint density at radius 1 is 1.47 bits per heavy atom. The fraction of sp³-hybridized carbons (Fsp3) is 0.250. The van der Waals surface area contributed by atoms with Gasteiger partial charge in [0.15, 0.2) is 4.34 Å². The van der Waals surface area contributed by atoms with Crippen molar-refractivity contribution >= 4 is 34.7 Å². The normalized spacial score (nSPS) is 10.8. The number of hydrogen-bond donors (Lipinski definition) is 1. The first-order valence-electron chi connectivity index (χ1n) is 5.13. The van der Waals surface area contributed by atoms with Gasteiger partial charge < -0.3 is 5.11 Å². The van der Waals surface area contributed by atoms with E-state index in [0.29, 0.717) is 5.15 Å². The largest absolute Gasteiger partial charge is 0.391 e. The van der Waals surface area contributed by atoms with Gasteiger partial charge in [-0.1, -0.05) is 53.2 Å². The van der Waals surface area contributed by atoms with Crippen LogP contribution < -0.4 is 0 Å². The third-order valence-corrected chi connectivity index (χ3v) is 4.90. The topological polar surface area (TPSA) is 33.1 Å². The van der Waals surface area contributed by atoms with Gasteiger partial charge in [0, 0.05) is 5.75 Å². The summed E-state index contributed by atoms with van der Waals surface area (Å²) < 4.78 is 0.903. The van der Waals surface area contributed by atoms with Gasteiger partial charge in [0.1, 0.15) is 5.15 Å². The number of rotatable bonds is 4. The third-order valence-electron chi connectivity index (χ3n) is 2.22. The summed E-state index contributed by atoms with van der Waals surface area (Å²) in [6.45, 7) is 2.04. The van der Waals surface area contributed by atoms with Crippen LogP contribution in [0.3, 0.4) is 0 Å². The number of thiazole rings is 1. The molecule has 5 heteroatoms. The molecule has 0 aliphatic rings. The molecule has 0 saturated carbocycles. The summed E-state index contributed by atoms with van der Waals surface area (Å²) in [6.07, 6.45) is 0. The molecule has 0 atom stereocenters. The molecule has 2 aromatic rings. The molecule has 1 aromatic carbocycles. The van der Waals surface area contributed by atoms with Gasteiger partial charge in [0.25, 0.3) is 0 Å². The van der Waals surface area contributed by atoms with Crippen LogP contribution >= 0.6 is 34.7 Å². The average molecular weight is 286 g/mol. The quantitative estimate of drug-likeness (QED) is 0.865. The van der Waals surface area contributed by atoms with E-state index in [1.165, 1.54) is 22.5 Å². The number of thioether (sulfide) groups is 1. The summed E-state index contributed by atoms with van der Waals surface area (Å²) in [4.78, 5) is 4.94. The molecule has 0 aliphatic heterocycles. The van der Waals surface area contributed by atoms with Gasteiger partial charge >= 0.3 is 0 Å². The van der Waals surface area contributed by atoms with Crippen LogP contribution in [0.4, 0.5) is 0 Å². The lowest BCUT2D eigenvalue weighted by molar-refractivity contribution is 0.285. The van der Waals surface area contributed by atoms with Crippen molar-refractivity contribution in [1.29, 1.82) is 0 Å². The molecule has 0 spiro atoms. The molecule has 0 aliphatic carbocycles. The van der Waals surface area contributed by atoms with Gasteiger partial charge in [-0.3, -0.25) is 0 Å². The maximum Gasteiger partial charge on any atom is 0.152 e. The lowest BCUT2D eigenvalue weighted by Gasteiger charge is -2.00. The Balaban J connectivity index is 2.02. The smallest absolute Gasteiger partial charge is 0.152 e. The van der Waals surface area contributed by atoms with Crippen molar-refractivity contribution in [3.63, 3.8) is 0 Å². The predicted molar refractivity (Wildman–Crippen MR) is 73.8 cm³/mol. The van der Waals surface area contributed by atoms with E-state index in [9.17, 15) is 0 Å². The minimum atomic E-state index is -0.0402. The summed E-state index contributed by atoms with van der Waals surface area (Å²) in [5.41, 5.74) is 2.53. The number of aryl methyl sites for hydroxylation is 1. The van der Waals surface area contributed by atoms with Gasteiger partial charge in [-0.25, -0.2) is 4.98 Å². The second-order valence-electron chi connectivity index (χ2n) is 3.63. The SMILES string of the molecule is Cc1cccc(CSc2nc(Cl)c(CO)s2)c1. The van der Waals surface area contributed by atoms with Crippen molar-refractivity contribution in [1.82, 2.24) is 4.98 Å². The minimum absolute atomic E-state index is 0.0402. The van der Waals surface area contributed by atoms with Gasteiger partial charge in [0.05, 0.1) is 11.5 Å². The highest BCUT2D eigenvalue weighted by atomic mass is 35.5. The van der Waals surface area contributed by atoms with E-state index in [0.717, 1.165) is 15.0 Å². The van der Waals surface area contributed by atoms with Crippen molar-refractivity contribution in [2.75, 3.05) is 0 Å². The van der Waals surface area contributed by atoms with E-state index in [-0.39, 0.29) is 6.61 Å². The molecule has 17 heavy (non-hydrogen) atoms. The molecule has 0 bridgehead atoms. The molecular formula is C12H12ClNOS2. The third kappa shape index (κ3) is 3.45. The highest BCUT2D eigenvalue weighted by Gasteiger charge is 2.08. The van der Waals surface area contributed by atoms with E-state index in [1.807, 2.05) is 0 Å². The zero-order valence-corrected chi connectivity index (χ0v) is 11.7. The highest BCUT2D eigenvalue weighted by molar-refractivity contribution is 8.00. The van der Waals surface area contributed by atoms with E-state index in [2.05, 4.69) is 36.2 Å². The van der Waals surface area contributed by atoms with Gasteiger partial charge in [-0.15, -0.1) is 11.3 Å². The Kier molecular flexibility index (Phi) is 4.45. The van der Waals surface area contributed by atoms with Gasteiger partial charge in [0.2, 0.25) is 0 Å². The van der Waals surface area contributed by atoms with Crippen LogP contribution in [0.2, 0.25) is 5.15 Å². The maximum atomic E-state index is 9.03. The Morgan fingerprint density at radius 2 is 2.29 bits per heavy atom. The van der Waals surface area contributed by atoms with E-state index >= 15 is 0 Å². The number of aliphatic hydroxyl groups excluding tert-OH is 1. The summed E-state index contributed by atoms with van der Waals surface area (Å²) in [5.74, 6) is 0.871. The molecule has 2 nitrogen and oxygen atoms in total. The van der Waals surface area contributed by atoms with Gasteiger partial charge in [-0.2, -0.15) is 0 Å². The zero-order chi connectivity index (χ0) is 12.3. The summed E-state index contributed by atoms with van der Waals surface area (Å²) in [5, 5.41) is 9.45. The molecule has 0 radical (unpaired) electrons. The average Bonchev–Trinajstić information content (AvgIpc) is 2.67. The first-order chi connectivity index (χ1) is 8.19. The molecule has 0 unspecified atom stereocenters. The molecular weight excluding hydrogens is 274 g/mol. The van der Waals surface area contributed by atoms with Crippen molar-refractivity contribution in [3.05, 3.63) is 45.4 Å². The number of halogens is 1. The van der Waals surface area contributed by atoms with Crippen LogP contribution in [0.15, 0.2) is 28.6 Å². The van der Waals surface area contributed by atoms with Crippen LogP contribution in [0.25, 0.3) is 0 Å². The summed E-state index contributed by atoms with van der Waals surface area (Å²) in [6, 6.07) is 8.40. The molecule has 0 fully saturated rings. The molecule has 1 aromatic heterocycles. The van der Waals surface area contributed by atoms with Crippen molar-refractivity contribution < 1.29 is 5.11 Å². The minimum Gasteiger partial charge on any atom is -0.391 e. The fourth-order valence-electron chi connectivity index (χ4n) is 1.42. The molecule has 90 valence electrons. The number of nitrogens with zero attached hydrogens (tertiary/aromatic N) is 1. The number of benzene rings is 1. The molecule has 0 saturated heterocycles. The summed E-state index contributed by atoms with van der Waals surface area (Å²) in [7, 11) is 0. The standard InChI is InChI=1S/C12H12ClNOS2/c1-8-3-2-4-9(5-8)7-16-12-14-11(13)10(6-15)17-12/h2-5,15H,6-7H2,1H3. The molecule has 2 rings (SSSR count). The van der Waals surface area contributed by atoms with Crippen LogP contribution in [-0.2, 0) is 12.4 Å². The Labute approximate surface area is 114 Å². The lowest BCUT2D eigenvalue weighted by Crippen LogP contribution is -1.81. The van der Waals surface area contributed by atoms with Crippen molar-refractivity contribution in [2.45, 2.75) is 23.6 Å². The zero-order valence-electron chi connectivity index (χ0n) is 9.31. The van der Waals surface area contributed by atoms with Crippen LogP contribution in [0.5, 0.6) is 0 Å². The second-order valence-corrected chi connectivity index (χ2v) is 6.29. The first-order valence-corrected chi connectivity index (χ1v) is 7.31. The van der Waals surface area contributed by atoms with Crippen molar-refractivity contribution in [3.8, 4) is 0 Å². The fourth-order valence-corrected chi connectivity index (χ4v) is 3.66. The first kappa shape index (κ1) is 12.9. The van der Waals surface area contributed by atoms with Crippen LogP contribution in [-0.4, -0.2) is 10.1 Å². The van der Waals surface area contributed by atoms with Gasteiger partial charge in [-0.05, 0) is 12.5 Å². The molecule has 1 N–H and O–H groups in total. The molecule has 1 heterocycles. The monoisotopic (exact) mass is 285 g/mol. The maximum absolute atomic E-state index is 9.03. The van der Waals surface area contributed by atoms with E-state index in [4.69, 9.17) is 16.7 Å². The lowest BCUT2D eigenvalue weighted by atomic mass is 10.2. The predicted octanol–water partition coefficient (Wildman–Crippen LogP) is 3.89. The highest BCUT2D eigenvalue weighted by Crippen LogP contribution is 2.32. The second kappa shape index (κ2) is 5.87. The van der Waals surface area contributed by atoms with Crippen molar-refractivity contribution in [2.24, 2.45) is 0 Å². The Hall–Kier alpha value is -0.550. The summed E-state index contributed by atoms with van der Waals surface area (Å²) >= 11 is 8.98. The Bertz CT molecular complexity index is 513. The van der Waals surface area contributed by atoms with E-state index in [1.54, 1.807) is 11.8 Å². The number of hydrogen-bond acceptors (Lipinski definition) is 4. The molecule has 0 amide bonds.